The zero-order valence-electron chi connectivity index (χ0n) is 18.7. The monoisotopic (exact) mass is 479 g/mol. The molecule has 1 fully saturated rings. The number of nitrogens with zero attached hydrogens (tertiary/aromatic N) is 3. The SMILES string of the molecule is Cc1nc(Nc2ccc(C(F)(F)F)cc2)c(-c2noc(=O)[nH]2)c(OCCN2CCOCC2)c1C. The number of hydrogen-bond donors (Lipinski definition) is 2. The van der Waals surface area contributed by atoms with Crippen molar-refractivity contribution in [3.05, 3.63) is 51.6 Å². The Morgan fingerprint density at radius 1 is 1.18 bits per heavy atom. The standard InChI is InChI=1S/C22H24F3N5O4/c1-13-14(2)26-19(27-16-5-3-15(4-6-16)22(23,24)25)17(20-28-21(31)34-29-20)18(13)33-12-9-30-7-10-32-11-8-30/h3-6H,7-12H2,1-2H3,(H,26,27)(H,28,29,31). The summed E-state index contributed by atoms with van der Waals surface area (Å²) >= 11 is 0. The lowest BCUT2D eigenvalue weighted by Gasteiger charge is -2.27. The number of morpholine rings is 1. The maximum absolute atomic E-state index is 12.9. The summed E-state index contributed by atoms with van der Waals surface area (Å²) in [5.41, 5.74) is 1.33. The normalized spacial score (nSPS) is 14.9. The molecule has 1 aromatic carbocycles. The third-order valence-electron chi connectivity index (χ3n) is 5.54. The van der Waals surface area contributed by atoms with E-state index in [1.54, 1.807) is 6.92 Å². The minimum atomic E-state index is -4.44. The molecule has 0 atom stereocenters. The fraction of sp³-hybridized carbons (Fsp3) is 0.409. The van der Waals surface area contributed by atoms with E-state index >= 15 is 0 Å². The van der Waals surface area contributed by atoms with Gasteiger partial charge in [0.15, 0.2) is 5.82 Å². The van der Waals surface area contributed by atoms with Crippen LogP contribution in [-0.4, -0.2) is 59.5 Å². The van der Waals surface area contributed by atoms with Gasteiger partial charge in [-0.3, -0.25) is 14.4 Å². The zero-order valence-corrected chi connectivity index (χ0v) is 18.7. The molecule has 0 saturated carbocycles. The van der Waals surface area contributed by atoms with E-state index in [4.69, 9.17) is 9.47 Å². The molecule has 0 spiro atoms. The van der Waals surface area contributed by atoms with Crippen molar-refractivity contribution >= 4 is 11.5 Å². The summed E-state index contributed by atoms with van der Waals surface area (Å²) in [6.45, 7) is 7.59. The Bertz CT molecular complexity index is 1180. The summed E-state index contributed by atoms with van der Waals surface area (Å²) in [5, 5.41) is 6.80. The number of anilines is 2. The van der Waals surface area contributed by atoms with E-state index in [1.165, 1.54) is 12.1 Å². The fourth-order valence-corrected chi connectivity index (χ4v) is 3.58. The van der Waals surface area contributed by atoms with Gasteiger partial charge in [0.25, 0.3) is 0 Å². The molecule has 4 rings (SSSR count). The van der Waals surface area contributed by atoms with Gasteiger partial charge in [-0.25, -0.2) is 9.78 Å². The molecule has 0 radical (unpaired) electrons. The van der Waals surface area contributed by atoms with Gasteiger partial charge < -0.3 is 14.8 Å². The van der Waals surface area contributed by atoms with Crippen LogP contribution in [0.2, 0.25) is 0 Å². The topological polar surface area (TPSA) is 106 Å². The van der Waals surface area contributed by atoms with E-state index in [0.717, 1.165) is 30.8 Å². The van der Waals surface area contributed by atoms with E-state index in [0.29, 0.717) is 49.1 Å². The van der Waals surface area contributed by atoms with Gasteiger partial charge in [-0.2, -0.15) is 13.2 Å². The van der Waals surface area contributed by atoms with Crippen LogP contribution in [0.1, 0.15) is 16.8 Å². The molecular formula is C22H24F3N5O4. The molecule has 1 aliphatic heterocycles. The van der Waals surface area contributed by atoms with Gasteiger partial charge >= 0.3 is 11.9 Å². The summed E-state index contributed by atoms with van der Waals surface area (Å²) in [5.74, 6) is 0.0397. The molecule has 2 aromatic heterocycles. The lowest BCUT2D eigenvalue weighted by Crippen LogP contribution is -2.38. The minimum Gasteiger partial charge on any atom is -0.491 e. The van der Waals surface area contributed by atoms with Gasteiger partial charge in [-0.15, -0.1) is 0 Å². The number of nitrogens with one attached hydrogen (secondary N) is 2. The second kappa shape index (κ2) is 9.85. The molecule has 0 unspecified atom stereocenters. The van der Waals surface area contributed by atoms with Crippen LogP contribution in [0.25, 0.3) is 11.4 Å². The van der Waals surface area contributed by atoms with Gasteiger partial charge in [0.1, 0.15) is 23.7 Å². The maximum Gasteiger partial charge on any atom is 0.439 e. The third-order valence-corrected chi connectivity index (χ3v) is 5.54. The first kappa shape index (κ1) is 23.8. The van der Waals surface area contributed by atoms with Crippen LogP contribution in [0.3, 0.4) is 0 Å². The number of hydrogen-bond acceptors (Lipinski definition) is 8. The van der Waals surface area contributed by atoms with Crippen molar-refractivity contribution in [1.82, 2.24) is 20.0 Å². The van der Waals surface area contributed by atoms with Gasteiger partial charge in [-0.05, 0) is 38.1 Å². The molecule has 182 valence electrons. The number of aromatic nitrogens is 3. The average Bonchev–Trinajstić information content (AvgIpc) is 3.23. The van der Waals surface area contributed by atoms with E-state index in [9.17, 15) is 18.0 Å². The van der Waals surface area contributed by atoms with Gasteiger partial charge in [0.2, 0.25) is 0 Å². The highest BCUT2D eigenvalue weighted by Gasteiger charge is 2.30. The number of H-pyrrole nitrogens is 1. The summed E-state index contributed by atoms with van der Waals surface area (Å²) in [4.78, 5) is 20.9. The fourth-order valence-electron chi connectivity index (χ4n) is 3.58. The van der Waals surface area contributed by atoms with E-state index < -0.39 is 17.5 Å². The van der Waals surface area contributed by atoms with Crippen molar-refractivity contribution in [3.8, 4) is 17.1 Å². The predicted octanol–water partition coefficient (Wildman–Crippen LogP) is 3.52. The van der Waals surface area contributed by atoms with Crippen molar-refractivity contribution in [3.63, 3.8) is 0 Å². The summed E-state index contributed by atoms with van der Waals surface area (Å²) in [6, 6.07) is 4.55. The molecular weight excluding hydrogens is 455 g/mol. The molecule has 3 heterocycles. The van der Waals surface area contributed by atoms with Gasteiger partial charge in [0, 0.05) is 36.6 Å². The van der Waals surface area contributed by atoms with E-state index in [2.05, 4.69) is 29.9 Å². The Balaban J connectivity index is 1.67. The van der Waals surface area contributed by atoms with Crippen molar-refractivity contribution in [2.75, 3.05) is 44.8 Å². The number of ether oxygens (including phenoxy) is 2. The molecule has 3 aromatic rings. The third kappa shape index (κ3) is 5.39. The Hall–Kier alpha value is -3.38. The Kier molecular flexibility index (Phi) is 6.89. The second-order valence-corrected chi connectivity index (χ2v) is 7.82. The van der Waals surface area contributed by atoms with E-state index in [-0.39, 0.29) is 11.6 Å². The number of benzene rings is 1. The maximum atomic E-state index is 12.9. The molecule has 1 aliphatic rings. The molecule has 12 heteroatoms. The molecule has 1 saturated heterocycles. The lowest BCUT2D eigenvalue weighted by molar-refractivity contribution is -0.137. The molecule has 9 nitrogen and oxygen atoms in total. The highest BCUT2D eigenvalue weighted by atomic mass is 19.4. The Morgan fingerprint density at radius 2 is 1.88 bits per heavy atom. The number of rotatable bonds is 7. The number of halogens is 3. The zero-order chi connectivity index (χ0) is 24.3. The Labute approximate surface area is 192 Å². The predicted molar refractivity (Wildman–Crippen MR) is 117 cm³/mol. The van der Waals surface area contributed by atoms with Gasteiger partial charge in [-0.1, -0.05) is 5.16 Å². The van der Waals surface area contributed by atoms with Crippen LogP contribution in [0.15, 0.2) is 33.6 Å². The quantitative estimate of drug-likeness (QED) is 0.531. The lowest BCUT2D eigenvalue weighted by atomic mass is 10.1. The van der Waals surface area contributed by atoms with Crippen LogP contribution in [0.5, 0.6) is 5.75 Å². The van der Waals surface area contributed by atoms with Gasteiger partial charge in [0.05, 0.1) is 18.8 Å². The first-order valence-corrected chi connectivity index (χ1v) is 10.7. The number of pyridine rings is 1. The molecule has 0 amide bonds. The molecule has 34 heavy (non-hydrogen) atoms. The average molecular weight is 479 g/mol. The highest BCUT2D eigenvalue weighted by Crippen LogP contribution is 2.39. The van der Waals surface area contributed by atoms with Crippen LogP contribution >= 0.6 is 0 Å². The minimum absolute atomic E-state index is 0.0939. The number of aryl methyl sites for hydroxylation is 1. The summed E-state index contributed by atoms with van der Waals surface area (Å²) in [6.07, 6.45) is -4.44. The first-order chi connectivity index (χ1) is 16.2. The summed E-state index contributed by atoms with van der Waals surface area (Å²) in [7, 11) is 0. The van der Waals surface area contributed by atoms with Crippen LogP contribution in [0, 0.1) is 13.8 Å². The molecule has 2 N–H and O–H groups in total. The summed E-state index contributed by atoms with van der Waals surface area (Å²) < 4.78 is 55.0. The van der Waals surface area contributed by atoms with Crippen molar-refractivity contribution in [2.45, 2.75) is 20.0 Å². The second-order valence-electron chi connectivity index (χ2n) is 7.82. The largest absolute Gasteiger partial charge is 0.491 e. The highest BCUT2D eigenvalue weighted by molar-refractivity contribution is 5.81. The smallest absolute Gasteiger partial charge is 0.439 e. The molecule has 0 aliphatic carbocycles. The van der Waals surface area contributed by atoms with Crippen molar-refractivity contribution < 1.29 is 27.2 Å². The first-order valence-electron chi connectivity index (χ1n) is 10.7. The van der Waals surface area contributed by atoms with Crippen LogP contribution in [-0.2, 0) is 10.9 Å². The van der Waals surface area contributed by atoms with E-state index in [1.807, 2.05) is 6.92 Å². The van der Waals surface area contributed by atoms with Crippen molar-refractivity contribution in [2.24, 2.45) is 0 Å². The van der Waals surface area contributed by atoms with Crippen LogP contribution < -0.4 is 15.8 Å². The number of aromatic amines is 1. The van der Waals surface area contributed by atoms with Crippen molar-refractivity contribution in [1.29, 1.82) is 0 Å². The Morgan fingerprint density at radius 3 is 2.50 bits per heavy atom. The van der Waals surface area contributed by atoms with Crippen LogP contribution in [0.4, 0.5) is 24.7 Å². The number of alkyl halides is 3. The molecule has 0 bridgehead atoms.